The first-order chi connectivity index (χ1) is 8.47. The highest BCUT2D eigenvalue weighted by atomic mass is 32.2. The van der Waals surface area contributed by atoms with Gasteiger partial charge in [0.2, 0.25) is 5.91 Å². The van der Waals surface area contributed by atoms with Crippen molar-refractivity contribution in [1.82, 2.24) is 0 Å². The predicted octanol–water partition coefficient (Wildman–Crippen LogP) is 1.95. The molecule has 0 heterocycles. The van der Waals surface area contributed by atoms with Crippen molar-refractivity contribution < 1.29 is 4.79 Å². The van der Waals surface area contributed by atoms with E-state index in [4.69, 9.17) is 11.5 Å². The molecule has 1 rings (SSSR count). The molecule has 1 aromatic rings. The highest BCUT2D eigenvalue weighted by Gasteiger charge is 2.13. The Morgan fingerprint density at radius 2 is 2.17 bits per heavy atom. The Morgan fingerprint density at radius 3 is 2.67 bits per heavy atom. The number of amides is 1. The summed E-state index contributed by atoms with van der Waals surface area (Å²) < 4.78 is 0. The molecule has 0 radical (unpaired) electrons. The number of hydrogen-bond donors (Lipinski definition) is 2. The molecular formula is C13H21N3OS. The number of thioether (sulfide) groups is 1. The van der Waals surface area contributed by atoms with Crippen LogP contribution < -0.4 is 16.4 Å². The molecule has 0 aliphatic rings. The van der Waals surface area contributed by atoms with Crippen molar-refractivity contribution in [2.75, 3.05) is 29.7 Å². The van der Waals surface area contributed by atoms with Crippen LogP contribution in [0.1, 0.15) is 23.7 Å². The minimum Gasteiger partial charge on any atom is -0.397 e. The van der Waals surface area contributed by atoms with E-state index in [1.165, 1.54) is 0 Å². The first-order valence-electron chi connectivity index (χ1n) is 5.88. The van der Waals surface area contributed by atoms with Crippen LogP contribution in [0, 0.1) is 0 Å². The van der Waals surface area contributed by atoms with Gasteiger partial charge in [-0.15, -0.1) is 0 Å². The molecule has 1 unspecified atom stereocenters. The van der Waals surface area contributed by atoms with Crippen LogP contribution in [0.5, 0.6) is 0 Å². The van der Waals surface area contributed by atoms with Crippen LogP contribution >= 0.6 is 11.8 Å². The number of nitrogen functional groups attached to an aromatic ring is 1. The standard InChI is InChI=1S/C13H21N3OS/c1-9(6-7-18-3)16(2)12-5-4-10(13(15)17)8-11(12)14/h4-5,8-9H,6-7,14H2,1-3H3,(H2,15,17). The van der Waals surface area contributed by atoms with E-state index in [0.29, 0.717) is 17.3 Å². The Morgan fingerprint density at radius 1 is 1.50 bits per heavy atom. The van der Waals surface area contributed by atoms with Gasteiger partial charge in [0.15, 0.2) is 0 Å². The number of nitrogens with two attached hydrogens (primary N) is 2. The molecule has 0 fully saturated rings. The average Bonchev–Trinajstić information content (AvgIpc) is 2.34. The van der Waals surface area contributed by atoms with Gasteiger partial charge in [-0.25, -0.2) is 0 Å². The third-order valence-electron chi connectivity index (χ3n) is 3.09. The summed E-state index contributed by atoms with van der Waals surface area (Å²) in [6.45, 7) is 2.16. The zero-order chi connectivity index (χ0) is 13.7. The van der Waals surface area contributed by atoms with Gasteiger partial charge in [-0.3, -0.25) is 4.79 Å². The van der Waals surface area contributed by atoms with Gasteiger partial charge in [-0.2, -0.15) is 11.8 Å². The number of carbonyl (C=O) groups is 1. The van der Waals surface area contributed by atoms with E-state index >= 15 is 0 Å². The highest BCUT2D eigenvalue weighted by Crippen LogP contribution is 2.25. The molecule has 0 saturated heterocycles. The van der Waals surface area contributed by atoms with Gasteiger partial charge in [0.25, 0.3) is 0 Å². The summed E-state index contributed by atoms with van der Waals surface area (Å²) in [7, 11) is 2.01. The van der Waals surface area contributed by atoms with E-state index in [-0.39, 0.29) is 0 Å². The van der Waals surface area contributed by atoms with Gasteiger partial charge >= 0.3 is 0 Å². The molecule has 5 heteroatoms. The summed E-state index contributed by atoms with van der Waals surface area (Å²) in [6, 6.07) is 5.60. The lowest BCUT2D eigenvalue weighted by molar-refractivity contribution is 0.100. The van der Waals surface area contributed by atoms with Crippen molar-refractivity contribution in [2.45, 2.75) is 19.4 Å². The zero-order valence-electron chi connectivity index (χ0n) is 11.1. The molecule has 18 heavy (non-hydrogen) atoms. The van der Waals surface area contributed by atoms with Crippen LogP contribution in [0.4, 0.5) is 11.4 Å². The summed E-state index contributed by atoms with van der Waals surface area (Å²) in [6.07, 6.45) is 3.19. The lowest BCUT2D eigenvalue weighted by atomic mass is 10.1. The van der Waals surface area contributed by atoms with Crippen LogP contribution in [-0.2, 0) is 0 Å². The number of benzene rings is 1. The number of anilines is 2. The van der Waals surface area contributed by atoms with Crippen molar-refractivity contribution in [1.29, 1.82) is 0 Å². The third-order valence-corrected chi connectivity index (χ3v) is 3.74. The molecule has 0 aliphatic carbocycles. The summed E-state index contributed by atoms with van der Waals surface area (Å²) in [5.74, 6) is 0.663. The Labute approximate surface area is 113 Å². The molecule has 4 nitrogen and oxygen atoms in total. The van der Waals surface area contributed by atoms with Crippen LogP contribution in [-0.4, -0.2) is 31.0 Å². The van der Waals surface area contributed by atoms with Crippen molar-refractivity contribution >= 4 is 29.0 Å². The maximum absolute atomic E-state index is 11.1. The number of primary amides is 1. The monoisotopic (exact) mass is 267 g/mol. The first-order valence-corrected chi connectivity index (χ1v) is 7.27. The van der Waals surface area contributed by atoms with Crippen LogP contribution in [0.25, 0.3) is 0 Å². The van der Waals surface area contributed by atoms with Gasteiger partial charge in [-0.05, 0) is 43.6 Å². The van der Waals surface area contributed by atoms with Crippen molar-refractivity contribution in [2.24, 2.45) is 5.73 Å². The summed E-state index contributed by atoms with van der Waals surface area (Å²) >= 11 is 1.83. The van der Waals surface area contributed by atoms with Crippen molar-refractivity contribution in [3.05, 3.63) is 23.8 Å². The lowest BCUT2D eigenvalue weighted by Crippen LogP contribution is -2.30. The van der Waals surface area contributed by atoms with Crippen LogP contribution in [0.15, 0.2) is 18.2 Å². The molecule has 0 aromatic heterocycles. The van der Waals surface area contributed by atoms with E-state index in [1.807, 2.05) is 24.9 Å². The quantitative estimate of drug-likeness (QED) is 0.773. The van der Waals surface area contributed by atoms with Gasteiger partial charge in [0.1, 0.15) is 0 Å². The molecule has 1 atom stereocenters. The SMILES string of the molecule is CSCCC(C)N(C)c1ccc(C(N)=O)cc1N. The molecule has 1 aromatic carbocycles. The summed E-state index contributed by atoms with van der Waals surface area (Å²) in [5.41, 5.74) is 13.2. The second-order valence-corrected chi connectivity index (χ2v) is 5.36. The Hall–Kier alpha value is -1.36. The Bertz CT molecular complexity index is 423. The van der Waals surface area contributed by atoms with Gasteiger partial charge in [-0.1, -0.05) is 0 Å². The fourth-order valence-corrected chi connectivity index (χ4v) is 2.33. The second kappa shape index (κ2) is 6.54. The van der Waals surface area contributed by atoms with E-state index in [9.17, 15) is 4.79 Å². The maximum Gasteiger partial charge on any atom is 0.248 e. The molecule has 0 spiro atoms. The normalized spacial score (nSPS) is 12.2. The molecule has 1 amide bonds. The zero-order valence-corrected chi connectivity index (χ0v) is 12.0. The first kappa shape index (κ1) is 14.7. The maximum atomic E-state index is 11.1. The Balaban J connectivity index is 2.86. The number of carbonyl (C=O) groups excluding carboxylic acids is 1. The molecule has 100 valence electrons. The minimum absolute atomic E-state index is 0.402. The third kappa shape index (κ3) is 3.57. The molecular weight excluding hydrogens is 246 g/mol. The lowest BCUT2D eigenvalue weighted by Gasteiger charge is -2.28. The second-order valence-electron chi connectivity index (χ2n) is 4.38. The van der Waals surface area contributed by atoms with Crippen LogP contribution in [0.2, 0.25) is 0 Å². The fraction of sp³-hybridized carbons (Fsp3) is 0.462. The van der Waals surface area contributed by atoms with E-state index < -0.39 is 5.91 Å². The van der Waals surface area contributed by atoms with Gasteiger partial charge < -0.3 is 16.4 Å². The minimum atomic E-state index is -0.452. The smallest absolute Gasteiger partial charge is 0.248 e. The fourth-order valence-electron chi connectivity index (χ4n) is 1.75. The molecule has 0 aliphatic heterocycles. The molecule has 0 saturated carbocycles. The predicted molar refractivity (Wildman–Crippen MR) is 80.2 cm³/mol. The van der Waals surface area contributed by atoms with Gasteiger partial charge in [0, 0.05) is 18.7 Å². The highest BCUT2D eigenvalue weighted by molar-refractivity contribution is 7.98. The largest absolute Gasteiger partial charge is 0.397 e. The average molecular weight is 267 g/mol. The molecule has 4 N–H and O–H groups in total. The van der Waals surface area contributed by atoms with E-state index in [2.05, 4.69) is 18.1 Å². The number of rotatable bonds is 6. The van der Waals surface area contributed by atoms with E-state index in [0.717, 1.165) is 17.9 Å². The number of nitrogens with zero attached hydrogens (tertiary/aromatic N) is 1. The van der Waals surface area contributed by atoms with Crippen molar-refractivity contribution in [3.8, 4) is 0 Å². The van der Waals surface area contributed by atoms with E-state index in [1.54, 1.807) is 12.1 Å². The summed E-state index contributed by atoms with van der Waals surface area (Å²) in [4.78, 5) is 13.2. The Kier molecular flexibility index (Phi) is 5.34. The summed E-state index contributed by atoms with van der Waals surface area (Å²) in [5, 5.41) is 0. The number of hydrogen-bond acceptors (Lipinski definition) is 4. The van der Waals surface area contributed by atoms with Gasteiger partial charge in [0.05, 0.1) is 11.4 Å². The molecule has 0 bridgehead atoms. The van der Waals surface area contributed by atoms with Crippen LogP contribution in [0.3, 0.4) is 0 Å². The topological polar surface area (TPSA) is 72.3 Å². The van der Waals surface area contributed by atoms with Crippen molar-refractivity contribution in [3.63, 3.8) is 0 Å².